The summed E-state index contributed by atoms with van der Waals surface area (Å²) < 4.78 is 1.26. The molecule has 2 fully saturated rings. The SMILES string of the molecule is O=C(CCN1CCCC1c1nc2ccccc2s1)N1CCNCC1. The predicted octanol–water partition coefficient (Wildman–Crippen LogP) is 2.26. The third kappa shape index (κ3) is 3.31. The van der Waals surface area contributed by atoms with Crippen molar-refractivity contribution in [1.29, 1.82) is 0 Å². The number of fused-ring (bicyclic) bond motifs is 1. The molecular weight excluding hydrogens is 320 g/mol. The summed E-state index contributed by atoms with van der Waals surface area (Å²) in [5.74, 6) is 0.298. The summed E-state index contributed by atoms with van der Waals surface area (Å²) >= 11 is 1.80. The molecule has 1 unspecified atom stereocenters. The summed E-state index contributed by atoms with van der Waals surface area (Å²) in [7, 11) is 0. The van der Waals surface area contributed by atoms with Gasteiger partial charge in [-0.3, -0.25) is 9.69 Å². The van der Waals surface area contributed by atoms with E-state index in [0.717, 1.165) is 51.2 Å². The molecule has 128 valence electrons. The van der Waals surface area contributed by atoms with Crippen molar-refractivity contribution in [1.82, 2.24) is 20.1 Å². The Morgan fingerprint density at radius 2 is 2.08 bits per heavy atom. The van der Waals surface area contributed by atoms with Crippen LogP contribution >= 0.6 is 11.3 Å². The number of nitrogens with zero attached hydrogens (tertiary/aromatic N) is 3. The number of amides is 1. The van der Waals surface area contributed by atoms with Gasteiger partial charge in [-0.15, -0.1) is 11.3 Å². The number of carbonyl (C=O) groups excluding carboxylic acids is 1. The van der Waals surface area contributed by atoms with E-state index in [2.05, 4.69) is 28.4 Å². The highest BCUT2D eigenvalue weighted by Crippen LogP contribution is 2.36. The normalized spacial score (nSPS) is 22.3. The fourth-order valence-corrected chi connectivity index (χ4v) is 4.85. The first kappa shape index (κ1) is 16.0. The molecule has 0 spiro atoms. The number of piperazine rings is 1. The molecule has 0 saturated carbocycles. The van der Waals surface area contributed by atoms with Crippen LogP contribution in [0.2, 0.25) is 0 Å². The Bertz CT molecular complexity index is 677. The lowest BCUT2D eigenvalue weighted by molar-refractivity contribution is -0.132. The van der Waals surface area contributed by atoms with Crippen LogP contribution in [-0.2, 0) is 4.79 Å². The van der Waals surface area contributed by atoms with E-state index in [1.807, 2.05) is 11.0 Å². The number of likely N-dealkylation sites (tertiary alicyclic amines) is 1. The number of para-hydroxylation sites is 1. The van der Waals surface area contributed by atoms with Gasteiger partial charge in [-0.25, -0.2) is 4.98 Å². The van der Waals surface area contributed by atoms with Gasteiger partial charge in [0.05, 0.1) is 16.3 Å². The summed E-state index contributed by atoms with van der Waals surface area (Å²) in [5, 5.41) is 4.51. The Morgan fingerprint density at radius 3 is 2.92 bits per heavy atom. The molecule has 2 aromatic rings. The van der Waals surface area contributed by atoms with Crippen molar-refractivity contribution in [2.24, 2.45) is 0 Å². The summed E-state index contributed by atoms with van der Waals surface area (Å²) in [6.45, 7) is 5.46. The average molecular weight is 344 g/mol. The predicted molar refractivity (Wildman–Crippen MR) is 97.2 cm³/mol. The number of rotatable bonds is 4. The first-order valence-corrected chi connectivity index (χ1v) is 9.71. The lowest BCUT2D eigenvalue weighted by Crippen LogP contribution is -2.47. The average Bonchev–Trinajstić information content (AvgIpc) is 3.26. The molecule has 1 N–H and O–H groups in total. The molecule has 2 aliphatic rings. The highest BCUT2D eigenvalue weighted by molar-refractivity contribution is 7.18. The molecule has 2 aliphatic heterocycles. The van der Waals surface area contributed by atoms with Crippen LogP contribution in [0.4, 0.5) is 0 Å². The molecule has 6 heteroatoms. The molecule has 24 heavy (non-hydrogen) atoms. The first-order valence-electron chi connectivity index (χ1n) is 8.89. The zero-order chi connectivity index (χ0) is 16.4. The van der Waals surface area contributed by atoms with Gasteiger partial charge in [0.15, 0.2) is 0 Å². The van der Waals surface area contributed by atoms with Crippen LogP contribution in [0.1, 0.15) is 30.3 Å². The van der Waals surface area contributed by atoms with Gasteiger partial charge in [-0.1, -0.05) is 12.1 Å². The molecule has 5 nitrogen and oxygen atoms in total. The summed E-state index contributed by atoms with van der Waals surface area (Å²) in [5.41, 5.74) is 1.10. The highest BCUT2D eigenvalue weighted by atomic mass is 32.1. The molecule has 1 amide bonds. The van der Waals surface area contributed by atoms with E-state index in [-0.39, 0.29) is 0 Å². The Hall–Kier alpha value is -1.50. The maximum atomic E-state index is 12.4. The molecule has 1 atom stereocenters. The van der Waals surface area contributed by atoms with E-state index in [4.69, 9.17) is 4.98 Å². The first-order chi connectivity index (χ1) is 11.8. The topological polar surface area (TPSA) is 48.5 Å². The van der Waals surface area contributed by atoms with Gasteiger partial charge in [0.2, 0.25) is 5.91 Å². The number of hydrogen-bond acceptors (Lipinski definition) is 5. The van der Waals surface area contributed by atoms with Crippen molar-refractivity contribution in [3.8, 4) is 0 Å². The largest absolute Gasteiger partial charge is 0.340 e. The van der Waals surface area contributed by atoms with Crippen molar-refractivity contribution in [2.45, 2.75) is 25.3 Å². The second-order valence-corrected chi connectivity index (χ2v) is 7.66. The lowest BCUT2D eigenvalue weighted by Gasteiger charge is -2.29. The standard InChI is InChI=1S/C18H24N4OS/c23-17(22-12-8-19-9-13-22)7-11-21-10-3-5-15(21)18-20-14-4-1-2-6-16(14)24-18/h1-2,4,6,15,19H,3,5,7-13H2. The third-order valence-electron chi connectivity index (χ3n) is 5.04. The van der Waals surface area contributed by atoms with Gasteiger partial charge >= 0.3 is 0 Å². The minimum Gasteiger partial charge on any atom is -0.340 e. The smallest absolute Gasteiger partial charge is 0.223 e. The van der Waals surface area contributed by atoms with Crippen LogP contribution in [0.3, 0.4) is 0 Å². The van der Waals surface area contributed by atoms with Crippen LogP contribution in [0.5, 0.6) is 0 Å². The van der Waals surface area contributed by atoms with E-state index >= 15 is 0 Å². The van der Waals surface area contributed by atoms with E-state index < -0.39 is 0 Å². The van der Waals surface area contributed by atoms with Gasteiger partial charge in [-0.2, -0.15) is 0 Å². The Kier molecular flexibility index (Phi) is 4.78. The number of thiazole rings is 1. The summed E-state index contributed by atoms with van der Waals surface area (Å²) in [4.78, 5) is 21.7. The fraction of sp³-hybridized carbons (Fsp3) is 0.556. The number of aromatic nitrogens is 1. The molecular formula is C18H24N4OS. The lowest BCUT2D eigenvalue weighted by atomic mass is 10.2. The van der Waals surface area contributed by atoms with Crippen LogP contribution in [0.25, 0.3) is 10.2 Å². The minimum absolute atomic E-state index is 0.298. The number of carbonyl (C=O) groups is 1. The zero-order valence-corrected chi connectivity index (χ0v) is 14.7. The molecule has 0 bridgehead atoms. The van der Waals surface area contributed by atoms with Gasteiger partial charge in [0.25, 0.3) is 0 Å². The van der Waals surface area contributed by atoms with Crippen molar-refractivity contribution in [2.75, 3.05) is 39.3 Å². The Morgan fingerprint density at radius 1 is 1.25 bits per heavy atom. The Labute approximate surface area is 146 Å². The van der Waals surface area contributed by atoms with Crippen molar-refractivity contribution < 1.29 is 4.79 Å². The fourth-order valence-electron chi connectivity index (χ4n) is 3.72. The molecule has 1 aromatic heterocycles. The second-order valence-electron chi connectivity index (χ2n) is 6.59. The molecule has 4 rings (SSSR count). The number of hydrogen-bond donors (Lipinski definition) is 1. The van der Waals surface area contributed by atoms with E-state index in [1.165, 1.54) is 16.1 Å². The molecule has 1 aromatic carbocycles. The monoisotopic (exact) mass is 344 g/mol. The van der Waals surface area contributed by atoms with E-state index in [1.54, 1.807) is 11.3 Å². The Balaban J connectivity index is 1.40. The van der Waals surface area contributed by atoms with Crippen molar-refractivity contribution in [3.05, 3.63) is 29.3 Å². The highest BCUT2D eigenvalue weighted by Gasteiger charge is 2.29. The van der Waals surface area contributed by atoms with Gasteiger partial charge < -0.3 is 10.2 Å². The van der Waals surface area contributed by atoms with Crippen LogP contribution < -0.4 is 5.32 Å². The second kappa shape index (κ2) is 7.17. The van der Waals surface area contributed by atoms with Crippen molar-refractivity contribution >= 4 is 27.5 Å². The van der Waals surface area contributed by atoms with Crippen LogP contribution in [0, 0.1) is 0 Å². The van der Waals surface area contributed by atoms with Gasteiger partial charge in [0.1, 0.15) is 5.01 Å². The summed E-state index contributed by atoms with van der Waals surface area (Å²) in [6, 6.07) is 8.73. The van der Waals surface area contributed by atoms with E-state index in [0.29, 0.717) is 18.4 Å². The molecule has 3 heterocycles. The maximum Gasteiger partial charge on any atom is 0.223 e. The van der Waals surface area contributed by atoms with Crippen molar-refractivity contribution in [3.63, 3.8) is 0 Å². The molecule has 0 radical (unpaired) electrons. The van der Waals surface area contributed by atoms with Gasteiger partial charge in [0, 0.05) is 39.1 Å². The van der Waals surface area contributed by atoms with Crippen LogP contribution in [-0.4, -0.2) is 60.0 Å². The summed E-state index contributed by atoms with van der Waals surface area (Å²) in [6.07, 6.45) is 2.98. The van der Waals surface area contributed by atoms with Crippen LogP contribution in [0.15, 0.2) is 24.3 Å². The van der Waals surface area contributed by atoms with Gasteiger partial charge in [-0.05, 0) is 31.5 Å². The molecule has 2 saturated heterocycles. The minimum atomic E-state index is 0.298. The quantitative estimate of drug-likeness (QED) is 0.924. The third-order valence-corrected chi connectivity index (χ3v) is 6.18. The van der Waals surface area contributed by atoms with E-state index in [9.17, 15) is 4.79 Å². The molecule has 0 aliphatic carbocycles. The maximum absolute atomic E-state index is 12.4. The number of benzene rings is 1. The zero-order valence-electron chi connectivity index (χ0n) is 13.9. The number of nitrogens with one attached hydrogen (secondary N) is 1.